The van der Waals surface area contributed by atoms with Gasteiger partial charge in [0.05, 0.1) is 11.1 Å². The fraction of sp³-hybridized carbons (Fsp3) is 0.296. The van der Waals surface area contributed by atoms with E-state index in [4.69, 9.17) is 19.4 Å². The maximum Gasteiger partial charge on any atom is 0.416 e. The van der Waals surface area contributed by atoms with Gasteiger partial charge < -0.3 is 24.2 Å². The Morgan fingerprint density at radius 1 is 0.895 bits per heavy atom. The number of piperazine rings is 1. The third kappa shape index (κ3) is 4.48. The predicted octanol–water partition coefficient (Wildman–Crippen LogP) is 5.26. The van der Waals surface area contributed by atoms with Gasteiger partial charge in [0.2, 0.25) is 12.7 Å². The highest BCUT2D eigenvalue weighted by molar-refractivity contribution is 5.92. The SMILES string of the molecule is CCN(c1ccc2c(c1)OCO2)c1nc(N2CCN(c3cc(C(F)(F)F)ccn3)CC2)nc2ccccc12. The summed E-state index contributed by atoms with van der Waals surface area (Å²) in [7, 11) is 0. The van der Waals surface area contributed by atoms with Crippen molar-refractivity contribution in [2.24, 2.45) is 0 Å². The molecule has 2 aromatic heterocycles. The van der Waals surface area contributed by atoms with E-state index in [1.807, 2.05) is 47.4 Å². The lowest BCUT2D eigenvalue weighted by Gasteiger charge is -2.36. The molecule has 4 heterocycles. The van der Waals surface area contributed by atoms with Crippen molar-refractivity contribution in [3.05, 3.63) is 66.4 Å². The monoisotopic (exact) mass is 522 g/mol. The number of aromatic nitrogens is 3. The molecule has 0 aliphatic carbocycles. The van der Waals surface area contributed by atoms with Crippen molar-refractivity contribution in [2.45, 2.75) is 13.1 Å². The summed E-state index contributed by atoms with van der Waals surface area (Å²) in [4.78, 5) is 20.0. The summed E-state index contributed by atoms with van der Waals surface area (Å²) < 4.78 is 50.6. The van der Waals surface area contributed by atoms with Gasteiger partial charge in [-0.15, -0.1) is 0 Å². The second kappa shape index (κ2) is 9.55. The Balaban J connectivity index is 1.29. The molecule has 38 heavy (non-hydrogen) atoms. The molecule has 1 fully saturated rings. The van der Waals surface area contributed by atoms with Crippen molar-refractivity contribution in [1.82, 2.24) is 15.0 Å². The second-order valence-corrected chi connectivity index (χ2v) is 9.02. The van der Waals surface area contributed by atoms with E-state index in [9.17, 15) is 13.2 Å². The van der Waals surface area contributed by atoms with Crippen LogP contribution in [0, 0.1) is 0 Å². The Morgan fingerprint density at radius 3 is 2.45 bits per heavy atom. The minimum absolute atomic E-state index is 0.202. The molecule has 0 atom stereocenters. The highest BCUT2D eigenvalue weighted by atomic mass is 19.4. The van der Waals surface area contributed by atoms with E-state index in [-0.39, 0.29) is 6.79 Å². The summed E-state index contributed by atoms with van der Waals surface area (Å²) in [5, 5.41) is 0.919. The number of pyridine rings is 1. The summed E-state index contributed by atoms with van der Waals surface area (Å²) in [6.07, 6.45) is -3.20. The van der Waals surface area contributed by atoms with E-state index in [0.717, 1.165) is 34.5 Å². The summed E-state index contributed by atoms with van der Waals surface area (Å²) in [6, 6.07) is 15.8. The number of halogens is 3. The molecule has 196 valence electrons. The molecule has 8 nitrogen and oxygen atoms in total. The van der Waals surface area contributed by atoms with Gasteiger partial charge in [0, 0.05) is 56.1 Å². The fourth-order valence-electron chi connectivity index (χ4n) is 4.81. The number of para-hydroxylation sites is 1. The van der Waals surface area contributed by atoms with Crippen molar-refractivity contribution in [3.8, 4) is 11.5 Å². The van der Waals surface area contributed by atoms with Crippen LogP contribution in [0.1, 0.15) is 12.5 Å². The Kier molecular flexibility index (Phi) is 6.05. The van der Waals surface area contributed by atoms with E-state index in [1.54, 1.807) is 0 Å². The van der Waals surface area contributed by atoms with E-state index < -0.39 is 11.7 Å². The third-order valence-corrected chi connectivity index (χ3v) is 6.77. The normalized spacial score (nSPS) is 15.3. The highest BCUT2D eigenvalue weighted by Crippen LogP contribution is 2.39. The maximum absolute atomic E-state index is 13.2. The molecule has 0 N–H and O–H groups in total. The van der Waals surface area contributed by atoms with Crippen LogP contribution in [0.3, 0.4) is 0 Å². The Labute approximate surface area is 217 Å². The minimum Gasteiger partial charge on any atom is -0.454 e. The number of rotatable bonds is 5. The molecule has 11 heteroatoms. The van der Waals surface area contributed by atoms with Gasteiger partial charge in [-0.05, 0) is 43.3 Å². The number of anilines is 4. The average molecular weight is 523 g/mol. The molecule has 0 bridgehead atoms. The van der Waals surface area contributed by atoms with Gasteiger partial charge in [0.15, 0.2) is 11.5 Å². The number of nitrogens with zero attached hydrogens (tertiary/aromatic N) is 6. The first-order chi connectivity index (χ1) is 18.4. The Morgan fingerprint density at radius 2 is 1.66 bits per heavy atom. The van der Waals surface area contributed by atoms with Crippen molar-refractivity contribution >= 4 is 34.2 Å². The number of fused-ring (bicyclic) bond motifs is 2. The highest BCUT2D eigenvalue weighted by Gasteiger charge is 2.32. The van der Waals surface area contributed by atoms with Crippen LogP contribution in [0.5, 0.6) is 11.5 Å². The number of alkyl halides is 3. The lowest BCUT2D eigenvalue weighted by atomic mass is 10.2. The molecule has 2 aromatic carbocycles. The molecule has 0 amide bonds. The maximum atomic E-state index is 13.2. The van der Waals surface area contributed by atoms with Crippen molar-refractivity contribution in [2.75, 3.05) is 54.2 Å². The van der Waals surface area contributed by atoms with E-state index in [2.05, 4.69) is 21.7 Å². The molecule has 2 aliphatic heterocycles. The first kappa shape index (κ1) is 24.1. The summed E-state index contributed by atoms with van der Waals surface area (Å²) in [5.74, 6) is 3.08. The molecule has 0 radical (unpaired) electrons. The first-order valence-electron chi connectivity index (χ1n) is 12.4. The van der Waals surface area contributed by atoms with Crippen LogP contribution in [0.15, 0.2) is 60.8 Å². The quantitative estimate of drug-likeness (QED) is 0.352. The van der Waals surface area contributed by atoms with Gasteiger partial charge in [-0.3, -0.25) is 0 Å². The van der Waals surface area contributed by atoms with E-state index in [1.165, 1.54) is 6.20 Å². The lowest BCUT2D eigenvalue weighted by Crippen LogP contribution is -2.47. The summed E-state index contributed by atoms with van der Waals surface area (Å²) >= 11 is 0. The Bertz CT molecular complexity index is 1470. The van der Waals surface area contributed by atoms with Crippen LogP contribution in [-0.4, -0.2) is 54.5 Å². The van der Waals surface area contributed by atoms with Gasteiger partial charge in [-0.1, -0.05) is 12.1 Å². The summed E-state index contributed by atoms with van der Waals surface area (Å²) in [6.45, 7) is 5.02. The smallest absolute Gasteiger partial charge is 0.416 e. The first-order valence-corrected chi connectivity index (χ1v) is 12.4. The third-order valence-electron chi connectivity index (χ3n) is 6.77. The van der Waals surface area contributed by atoms with Gasteiger partial charge in [0.25, 0.3) is 0 Å². The number of benzene rings is 2. The van der Waals surface area contributed by atoms with E-state index in [0.29, 0.717) is 56.0 Å². The van der Waals surface area contributed by atoms with Crippen LogP contribution in [0.4, 0.5) is 36.4 Å². The van der Waals surface area contributed by atoms with Gasteiger partial charge in [-0.25, -0.2) is 9.97 Å². The topological polar surface area (TPSA) is 66.9 Å². The number of ether oxygens (including phenoxy) is 2. The molecule has 0 saturated carbocycles. The molecule has 1 saturated heterocycles. The Hall–Kier alpha value is -4.28. The standard InChI is InChI=1S/C27H25F3N6O2/c1-2-36(19-7-8-22-23(16-19)38-17-37-22)25-20-5-3-4-6-21(20)32-26(33-25)35-13-11-34(12-14-35)24-15-18(9-10-31-24)27(28,29)30/h3-10,15-16H,2,11-14,17H2,1H3. The van der Waals surface area contributed by atoms with Crippen LogP contribution in [0.2, 0.25) is 0 Å². The average Bonchev–Trinajstić information content (AvgIpc) is 3.41. The van der Waals surface area contributed by atoms with Crippen molar-refractivity contribution in [1.29, 1.82) is 0 Å². The van der Waals surface area contributed by atoms with Crippen LogP contribution in [0.25, 0.3) is 10.9 Å². The van der Waals surface area contributed by atoms with Crippen LogP contribution >= 0.6 is 0 Å². The molecule has 4 aromatic rings. The minimum atomic E-state index is -4.40. The summed E-state index contributed by atoms with van der Waals surface area (Å²) in [5.41, 5.74) is 1.04. The number of hydrogen-bond donors (Lipinski definition) is 0. The zero-order valence-corrected chi connectivity index (χ0v) is 20.6. The van der Waals surface area contributed by atoms with Crippen molar-refractivity contribution in [3.63, 3.8) is 0 Å². The van der Waals surface area contributed by atoms with Crippen molar-refractivity contribution < 1.29 is 22.6 Å². The van der Waals surface area contributed by atoms with Gasteiger partial charge >= 0.3 is 6.18 Å². The largest absolute Gasteiger partial charge is 0.454 e. The molecular formula is C27H25F3N6O2. The molecular weight excluding hydrogens is 497 g/mol. The van der Waals surface area contributed by atoms with Crippen LogP contribution < -0.4 is 24.2 Å². The lowest BCUT2D eigenvalue weighted by molar-refractivity contribution is -0.137. The predicted molar refractivity (Wildman–Crippen MR) is 138 cm³/mol. The fourth-order valence-corrected chi connectivity index (χ4v) is 4.81. The molecule has 2 aliphatic rings. The molecule has 0 unspecified atom stereocenters. The van der Waals surface area contributed by atoms with Gasteiger partial charge in [0.1, 0.15) is 11.6 Å². The second-order valence-electron chi connectivity index (χ2n) is 9.02. The van der Waals surface area contributed by atoms with E-state index >= 15 is 0 Å². The zero-order valence-electron chi connectivity index (χ0n) is 20.6. The zero-order chi connectivity index (χ0) is 26.3. The molecule has 6 rings (SSSR count). The number of hydrogen-bond acceptors (Lipinski definition) is 8. The molecule has 0 spiro atoms. The van der Waals surface area contributed by atoms with Crippen LogP contribution in [-0.2, 0) is 6.18 Å². The van der Waals surface area contributed by atoms with Gasteiger partial charge in [-0.2, -0.15) is 18.2 Å².